The maximum Gasteiger partial charge on any atom is 0.324 e. The standard InChI is InChI=1S/C11H20N2O4/c1-17-9(14)8(7-12)13-11(10(15)16)5-3-2-4-6-11/h8,13H,2-7,12H2,1H3,(H,15,16). The average Bonchev–Trinajstić information content (AvgIpc) is 2.36. The van der Waals surface area contributed by atoms with Gasteiger partial charge in [-0.3, -0.25) is 14.9 Å². The van der Waals surface area contributed by atoms with E-state index >= 15 is 0 Å². The molecule has 0 aromatic carbocycles. The molecule has 1 fully saturated rings. The zero-order valence-corrected chi connectivity index (χ0v) is 10.1. The molecule has 6 nitrogen and oxygen atoms in total. The van der Waals surface area contributed by atoms with Gasteiger partial charge in [-0.2, -0.15) is 0 Å². The number of methoxy groups -OCH3 is 1. The normalized spacial score (nSPS) is 20.6. The van der Waals surface area contributed by atoms with Crippen molar-refractivity contribution in [1.82, 2.24) is 5.32 Å². The SMILES string of the molecule is COC(=O)C(CN)NC1(C(=O)O)CCCCC1. The molecule has 6 heteroatoms. The molecular formula is C11H20N2O4. The third-order valence-corrected chi connectivity index (χ3v) is 3.29. The van der Waals surface area contributed by atoms with E-state index in [1.165, 1.54) is 7.11 Å². The Bertz CT molecular complexity index is 287. The molecular weight excluding hydrogens is 224 g/mol. The lowest BCUT2D eigenvalue weighted by molar-refractivity contribution is -0.149. The molecule has 1 aliphatic carbocycles. The first-order valence-electron chi connectivity index (χ1n) is 5.85. The molecule has 0 bridgehead atoms. The van der Waals surface area contributed by atoms with Crippen LogP contribution in [-0.2, 0) is 14.3 Å². The second-order valence-electron chi connectivity index (χ2n) is 4.40. The van der Waals surface area contributed by atoms with Gasteiger partial charge in [-0.1, -0.05) is 19.3 Å². The lowest BCUT2D eigenvalue weighted by atomic mass is 9.81. The Morgan fingerprint density at radius 3 is 2.41 bits per heavy atom. The summed E-state index contributed by atoms with van der Waals surface area (Å²) in [5.41, 5.74) is 4.44. The molecule has 0 heterocycles. The molecule has 0 radical (unpaired) electrons. The molecule has 1 rings (SSSR count). The van der Waals surface area contributed by atoms with Crippen LogP contribution in [-0.4, -0.2) is 42.3 Å². The van der Waals surface area contributed by atoms with Crippen molar-refractivity contribution in [1.29, 1.82) is 0 Å². The predicted octanol–water partition coefficient (Wildman–Crippen LogP) is -0.136. The lowest BCUT2D eigenvalue weighted by Gasteiger charge is -2.36. The summed E-state index contributed by atoms with van der Waals surface area (Å²) in [5.74, 6) is -1.43. The molecule has 1 unspecified atom stereocenters. The van der Waals surface area contributed by atoms with Crippen LogP contribution in [0.5, 0.6) is 0 Å². The molecule has 0 aromatic heterocycles. The number of aliphatic carboxylic acids is 1. The van der Waals surface area contributed by atoms with Gasteiger partial charge >= 0.3 is 11.9 Å². The van der Waals surface area contributed by atoms with E-state index in [0.717, 1.165) is 19.3 Å². The highest BCUT2D eigenvalue weighted by Gasteiger charge is 2.42. The zero-order valence-electron chi connectivity index (χ0n) is 10.1. The first kappa shape index (κ1) is 13.9. The number of hydrogen-bond acceptors (Lipinski definition) is 5. The Hall–Kier alpha value is -1.14. The number of esters is 1. The fourth-order valence-corrected chi connectivity index (χ4v) is 2.27. The first-order chi connectivity index (χ1) is 8.05. The largest absolute Gasteiger partial charge is 0.480 e. The van der Waals surface area contributed by atoms with Gasteiger partial charge in [0.05, 0.1) is 7.11 Å². The highest BCUT2D eigenvalue weighted by Crippen LogP contribution is 2.29. The molecule has 1 saturated carbocycles. The Labute approximate surface area is 101 Å². The van der Waals surface area contributed by atoms with E-state index in [1.807, 2.05) is 0 Å². The summed E-state index contributed by atoms with van der Waals surface area (Å²) in [6.45, 7) is 0.0295. The minimum atomic E-state index is -1.03. The quantitative estimate of drug-likeness (QED) is 0.582. The monoisotopic (exact) mass is 244 g/mol. The number of rotatable bonds is 5. The predicted molar refractivity (Wildman–Crippen MR) is 61.4 cm³/mol. The van der Waals surface area contributed by atoms with Crippen molar-refractivity contribution >= 4 is 11.9 Å². The molecule has 0 spiro atoms. The smallest absolute Gasteiger partial charge is 0.324 e. The van der Waals surface area contributed by atoms with E-state index in [1.54, 1.807) is 0 Å². The van der Waals surface area contributed by atoms with Crippen LogP contribution >= 0.6 is 0 Å². The summed E-state index contributed by atoms with van der Waals surface area (Å²) < 4.78 is 4.60. The fraction of sp³-hybridized carbons (Fsp3) is 0.818. The molecule has 1 atom stereocenters. The summed E-state index contributed by atoms with van der Waals surface area (Å²) in [4.78, 5) is 22.8. The van der Waals surface area contributed by atoms with Gasteiger partial charge in [-0.25, -0.2) is 0 Å². The molecule has 17 heavy (non-hydrogen) atoms. The van der Waals surface area contributed by atoms with Crippen molar-refractivity contribution in [3.8, 4) is 0 Å². The van der Waals surface area contributed by atoms with Gasteiger partial charge in [0.15, 0.2) is 0 Å². The molecule has 4 N–H and O–H groups in total. The second-order valence-corrected chi connectivity index (χ2v) is 4.40. The molecule has 0 aromatic rings. The second kappa shape index (κ2) is 5.97. The highest BCUT2D eigenvalue weighted by atomic mass is 16.5. The summed E-state index contributed by atoms with van der Waals surface area (Å²) in [6, 6.07) is -0.755. The van der Waals surface area contributed by atoms with Crippen LogP contribution in [0.4, 0.5) is 0 Å². The van der Waals surface area contributed by atoms with Crippen LogP contribution in [0.1, 0.15) is 32.1 Å². The molecule has 0 amide bonds. The average molecular weight is 244 g/mol. The maximum absolute atomic E-state index is 11.4. The first-order valence-corrected chi connectivity index (χ1v) is 5.85. The third kappa shape index (κ3) is 3.17. The lowest BCUT2D eigenvalue weighted by Crippen LogP contribution is -2.60. The van der Waals surface area contributed by atoms with Gasteiger partial charge in [0.2, 0.25) is 0 Å². The summed E-state index contributed by atoms with van der Waals surface area (Å²) in [5, 5.41) is 12.2. The van der Waals surface area contributed by atoms with Crippen molar-refractivity contribution in [2.24, 2.45) is 5.73 Å². The van der Waals surface area contributed by atoms with Crippen molar-refractivity contribution < 1.29 is 19.4 Å². The Balaban J connectivity index is 2.77. The van der Waals surface area contributed by atoms with E-state index in [0.29, 0.717) is 12.8 Å². The number of carbonyl (C=O) groups is 2. The van der Waals surface area contributed by atoms with E-state index in [4.69, 9.17) is 5.73 Å². The fourth-order valence-electron chi connectivity index (χ4n) is 2.27. The van der Waals surface area contributed by atoms with E-state index in [9.17, 15) is 14.7 Å². The van der Waals surface area contributed by atoms with E-state index in [2.05, 4.69) is 10.1 Å². The zero-order chi connectivity index (χ0) is 12.9. The number of carboxylic acids is 1. The Morgan fingerprint density at radius 2 is 2.00 bits per heavy atom. The van der Waals surface area contributed by atoms with Gasteiger partial charge in [0, 0.05) is 6.54 Å². The Kier molecular flexibility index (Phi) is 4.89. The number of carbonyl (C=O) groups excluding carboxylic acids is 1. The van der Waals surface area contributed by atoms with Crippen molar-refractivity contribution in [2.45, 2.75) is 43.7 Å². The molecule has 1 aliphatic rings. The van der Waals surface area contributed by atoms with Crippen molar-refractivity contribution in [2.75, 3.05) is 13.7 Å². The van der Waals surface area contributed by atoms with Crippen LogP contribution < -0.4 is 11.1 Å². The molecule has 0 saturated heterocycles. The third-order valence-electron chi connectivity index (χ3n) is 3.29. The van der Waals surface area contributed by atoms with E-state index in [-0.39, 0.29) is 6.54 Å². The van der Waals surface area contributed by atoms with Gasteiger partial charge in [0.1, 0.15) is 11.6 Å². The summed E-state index contributed by atoms with van der Waals surface area (Å²) in [7, 11) is 1.26. The van der Waals surface area contributed by atoms with Crippen LogP contribution in [0.2, 0.25) is 0 Å². The van der Waals surface area contributed by atoms with Gasteiger partial charge in [-0.05, 0) is 12.8 Å². The van der Waals surface area contributed by atoms with Gasteiger partial charge in [0.25, 0.3) is 0 Å². The van der Waals surface area contributed by atoms with Crippen molar-refractivity contribution in [3.05, 3.63) is 0 Å². The number of nitrogens with one attached hydrogen (secondary N) is 1. The van der Waals surface area contributed by atoms with Gasteiger partial charge < -0.3 is 15.6 Å². The number of ether oxygens (including phenoxy) is 1. The van der Waals surface area contributed by atoms with Gasteiger partial charge in [-0.15, -0.1) is 0 Å². The van der Waals surface area contributed by atoms with Crippen LogP contribution in [0.3, 0.4) is 0 Å². The summed E-state index contributed by atoms with van der Waals surface area (Å²) >= 11 is 0. The van der Waals surface area contributed by atoms with Crippen LogP contribution in [0, 0.1) is 0 Å². The van der Waals surface area contributed by atoms with Crippen LogP contribution in [0.25, 0.3) is 0 Å². The number of hydrogen-bond donors (Lipinski definition) is 3. The van der Waals surface area contributed by atoms with E-state index < -0.39 is 23.5 Å². The highest BCUT2D eigenvalue weighted by molar-refractivity contribution is 5.82. The minimum absolute atomic E-state index is 0.0295. The molecule has 98 valence electrons. The number of nitrogens with two attached hydrogens (primary N) is 1. The van der Waals surface area contributed by atoms with Crippen LogP contribution in [0.15, 0.2) is 0 Å². The molecule has 0 aliphatic heterocycles. The Morgan fingerprint density at radius 1 is 1.41 bits per heavy atom. The maximum atomic E-state index is 11.4. The summed E-state index contributed by atoms with van der Waals surface area (Å²) in [6.07, 6.45) is 3.77. The van der Waals surface area contributed by atoms with Crippen molar-refractivity contribution in [3.63, 3.8) is 0 Å². The minimum Gasteiger partial charge on any atom is -0.480 e. The number of carboxylic acid groups (broad SMARTS) is 1. The topological polar surface area (TPSA) is 102 Å².